The molecule has 18 heavy (non-hydrogen) atoms. The first kappa shape index (κ1) is 10.9. The number of benzene rings is 2. The summed E-state index contributed by atoms with van der Waals surface area (Å²) in [6, 6.07) is 14.0. The lowest BCUT2D eigenvalue weighted by molar-refractivity contribution is 0.0702. The fraction of sp³-hybridized carbons (Fsp3) is 0. The van der Waals surface area contributed by atoms with Crippen LogP contribution in [0.5, 0.6) is 0 Å². The lowest BCUT2D eigenvalue weighted by Crippen LogP contribution is -1.89. The van der Waals surface area contributed by atoms with Crippen molar-refractivity contribution in [1.29, 1.82) is 0 Å². The molecule has 0 saturated heterocycles. The number of fused-ring (bicyclic) bond motifs is 1. The van der Waals surface area contributed by atoms with Crippen molar-refractivity contribution in [1.82, 2.24) is 4.98 Å². The maximum Gasteiger partial charge on any atom is 0.347 e. The molecule has 3 nitrogen and oxygen atoms in total. The van der Waals surface area contributed by atoms with Crippen molar-refractivity contribution >= 4 is 28.1 Å². The van der Waals surface area contributed by atoms with Crippen LogP contribution in [0.15, 0.2) is 48.7 Å². The number of thiazole rings is 1. The molecule has 2 aromatic carbocycles. The lowest BCUT2D eigenvalue weighted by Gasteiger charge is -2.02. The van der Waals surface area contributed by atoms with E-state index in [2.05, 4.69) is 4.98 Å². The van der Waals surface area contributed by atoms with Crippen molar-refractivity contribution in [2.45, 2.75) is 0 Å². The first-order valence-corrected chi connectivity index (χ1v) is 6.24. The standard InChI is InChI=1S/C14H9NO2S/c16-14(17)12-8-15-13(18-12)11-7-3-5-9-4-1-2-6-10(9)11/h1-8H,(H,16,17). The fourth-order valence-electron chi connectivity index (χ4n) is 1.91. The van der Waals surface area contributed by atoms with Gasteiger partial charge in [-0.3, -0.25) is 0 Å². The van der Waals surface area contributed by atoms with Gasteiger partial charge in [-0.1, -0.05) is 42.5 Å². The van der Waals surface area contributed by atoms with Crippen LogP contribution in [-0.4, -0.2) is 16.1 Å². The van der Waals surface area contributed by atoms with Gasteiger partial charge in [0.25, 0.3) is 0 Å². The molecule has 0 radical (unpaired) electrons. The van der Waals surface area contributed by atoms with E-state index in [9.17, 15) is 4.79 Å². The number of hydrogen-bond donors (Lipinski definition) is 1. The van der Waals surface area contributed by atoms with Gasteiger partial charge < -0.3 is 5.11 Å². The van der Waals surface area contributed by atoms with Gasteiger partial charge in [0.1, 0.15) is 9.88 Å². The number of carbonyl (C=O) groups is 1. The van der Waals surface area contributed by atoms with Crippen LogP contribution in [-0.2, 0) is 0 Å². The Labute approximate surface area is 107 Å². The SMILES string of the molecule is O=C(O)c1cnc(-c2cccc3ccccc23)s1. The normalized spacial score (nSPS) is 10.7. The molecule has 1 heterocycles. The maximum atomic E-state index is 10.9. The van der Waals surface area contributed by atoms with Crippen molar-refractivity contribution in [3.8, 4) is 10.6 Å². The van der Waals surface area contributed by atoms with E-state index in [1.165, 1.54) is 17.5 Å². The Morgan fingerprint density at radius 2 is 1.89 bits per heavy atom. The van der Waals surface area contributed by atoms with Gasteiger partial charge >= 0.3 is 5.97 Å². The molecule has 0 aliphatic heterocycles. The van der Waals surface area contributed by atoms with Gasteiger partial charge in [-0.2, -0.15) is 0 Å². The summed E-state index contributed by atoms with van der Waals surface area (Å²) in [6.07, 6.45) is 1.41. The first-order chi connectivity index (χ1) is 8.75. The first-order valence-electron chi connectivity index (χ1n) is 5.43. The highest BCUT2D eigenvalue weighted by molar-refractivity contribution is 7.16. The summed E-state index contributed by atoms with van der Waals surface area (Å²) in [5.41, 5.74) is 0.977. The van der Waals surface area contributed by atoms with Crippen LogP contribution < -0.4 is 0 Å². The van der Waals surface area contributed by atoms with Crippen molar-refractivity contribution < 1.29 is 9.90 Å². The summed E-state index contributed by atoms with van der Waals surface area (Å²) in [5, 5.41) is 11.9. The molecule has 0 spiro atoms. The number of aromatic nitrogens is 1. The van der Waals surface area contributed by atoms with Gasteiger partial charge in [0, 0.05) is 5.56 Å². The number of rotatable bonds is 2. The lowest BCUT2D eigenvalue weighted by atomic mass is 10.1. The molecule has 1 aromatic heterocycles. The van der Waals surface area contributed by atoms with Gasteiger partial charge in [-0.15, -0.1) is 11.3 Å². The van der Waals surface area contributed by atoms with Gasteiger partial charge in [0.05, 0.1) is 6.20 Å². The second-order valence-corrected chi connectivity index (χ2v) is 4.89. The maximum absolute atomic E-state index is 10.9. The van der Waals surface area contributed by atoms with Gasteiger partial charge in [-0.05, 0) is 10.8 Å². The summed E-state index contributed by atoms with van der Waals surface area (Å²) in [4.78, 5) is 15.3. The Bertz CT molecular complexity index is 728. The van der Waals surface area contributed by atoms with E-state index >= 15 is 0 Å². The largest absolute Gasteiger partial charge is 0.477 e. The van der Waals surface area contributed by atoms with E-state index in [0.29, 0.717) is 0 Å². The minimum Gasteiger partial charge on any atom is -0.477 e. The van der Waals surface area contributed by atoms with E-state index in [1.807, 2.05) is 42.5 Å². The summed E-state index contributed by atoms with van der Waals surface area (Å²) < 4.78 is 0. The number of aromatic carboxylic acids is 1. The van der Waals surface area contributed by atoms with Crippen LogP contribution >= 0.6 is 11.3 Å². The second-order valence-electron chi connectivity index (χ2n) is 3.86. The Morgan fingerprint density at radius 3 is 2.67 bits per heavy atom. The van der Waals surface area contributed by atoms with E-state index in [4.69, 9.17) is 5.11 Å². The van der Waals surface area contributed by atoms with Crippen molar-refractivity contribution in [2.75, 3.05) is 0 Å². The third kappa shape index (κ3) is 1.76. The monoisotopic (exact) mass is 255 g/mol. The third-order valence-corrected chi connectivity index (χ3v) is 3.76. The quantitative estimate of drug-likeness (QED) is 0.760. The Balaban J connectivity index is 2.21. The van der Waals surface area contributed by atoms with Crippen LogP contribution in [0.3, 0.4) is 0 Å². The summed E-state index contributed by atoms with van der Waals surface area (Å²) in [5.74, 6) is -0.931. The third-order valence-electron chi connectivity index (χ3n) is 2.74. The number of hydrogen-bond acceptors (Lipinski definition) is 3. The fourth-order valence-corrected chi connectivity index (χ4v) is 2.70. The van der Waals surface area contributed by atoms with Crippen LogP contribution in [0.25, 0.3) is 21.3 Å². The van der Waals surface area contributed by atoms with Gasteiger partial charge in [0.15, 0.2) is 0 Å². The van der Waals surface area contributed by atoms with Crippen LogP contribution in [0.2, 0.25) is 0 Å². The molecular weight excluding hydrogens is 246 g/mol. The van der Waals surface area contributed by atoms with E-state index in [1.54, 1.807) is 0 Å². The van der Waals surface area contributed by atoms with Crippen molar-refractivity contribution in [2.24, 2.45) is 0 Å². The summed E-state index contributed by atoms with van der Waals surface area (Å²) in [7, 11) is 0. The molecule has 88 valence electrons. The zero-order valence-corrected chi connectivity index (χ0v) is 10.1. The summed E-state index contributed by atoms with van der Waals surface area (Å²) in [6.45, 7) is 0. The van der Waals surface area contributed by atoms with Crippen molar-refractivity contribution in [3.05, 3.63) is 53.5 Å². The number of carboxylic acid groups (broad SMARTS) is 1. The minimum absolute atomic E-state index is 0.262. The molecule has 0 atom stereocenters. The highest BCUT2D eigenvalue weighted by Crippen LogP contribution is 2.31. The second kappa shape index (κ2) is 4.23. The minimum atomic E-state index is -0.931. The molecule has 0 aliphatic carbocycles. The molecule has 0 amide bonds. The zero-order chi connectivity index (χ0) is 12.5. The van der Waals surface area contributed by atoms with Crippen LogP contribution in [0.1, 0.15) is 9.67 Å². The molecule has 1 N–H and O–H groups in total. The average molecular weight is 255 g/mol. The topological polar surface area (TPSA) is 50.2 Å². The average Bonchev–Trinajstić information content (AvgIpc) is 2.87. The Morgan fingerprint density at radius 1 is 1.11 bits per heavy atom. The zero-order valence-electron chi connectivity index (χ0n) is 9.33. The highest BCUT2D eigenvalue weighted by atomic mass is 32.1. The van der Waals surface area contributed by atoms with E-state index < -0.39 is 5.97 Å². The van der Waals surface area contributed by atoms with E-state index in [0.717, 1.165) is 21.3 Å². The molecule has 0 fully saturated rings. The highest BCUT2D eigenvalue weighted by Gasteiger charge is 2.11. The Hall–Kier alpha value is -2.20. The number of carboxylic acids is 1. The molecule has 3 aromatic rings. The summed E-state index contributed by atoms with van der Waals surface area (Å²) >= 11 is 1.20. The molecule has 0 unspecified atom stereocenters. The predicted molar refractivity (Wildman–Crippen MR) is 72.0 cm³/mol. The number of nitrogens with zero attached hydrogens (tertiary/aromatic N) is 1. The molecule has 3 rings (SSSR count). The van der Waals surface area contributed by atoms with Crippen LogP contribution in [0.4, 0.5) is 0 Å². The van der Waals surface area contributed by atoms with Gasteiger partial charge in [-0.25, -0.2) is 9.78 Å². The molecular formula is C14H9NO2S. The Kier molecular flexibility index (Phi) is 2.57. The van der Waals surface area contributed by atoms with Crippen molar-refractivity contribution in [3.63, 3.8) is 0 Å². The molecule has 0 aliphatic rings. The smallest absolute Gasteiger partial charge is 0.347 e. The molecule has 4 heteroatoms. The van der Waals surface area contributed by atoms with E-state index in [-0.39, 0.29) is 4.88 Å². The molecule has 0 bridgehead atoms. The van der Waals surface area contributed by atoms with Crippen LogP contribution in [0, 0.1) is 0 Å². The van der Waals surface area contributed by atoms with Gasteiger partial charge in [0.2, 0.25) is 0 Å². The predicted octanol–water partition coefficient (Wildman–Crippen LogP) is 3.66. The molecule has 0 saturated carbocycles.